The van der Waals surface area contributed by atoms with Crippen LogP contribution in [-0.2, 0) is 11.8 Å². The Balaban J connectivity index is 2.24. The van der Waals surface area contributed by atoms with Gasteiger partial charge in [0.25, 0.3) is 0 Å². The maximum Gasteiger partial charge on any atom is 0.419 e. The highest BCUT2D eigenvalue weighted by atomic mass is 16.6. The first-order valence-electron chi connectivity index (χ1n) is 7.14. The van der Waals surface area contributed by atoms with Gasteiger partial charge in [0, 0.05) is 30.4 Å². The van der Waals surface area contributed by atoms with E-state index in [1.807, 2.05) is 47.1 Å². The molecule has 112 valence electrons. The topological polar surface area (TPSA) is 61.9 Å². The van der Waals surface area contributed by atoms with E-state index in [2.05, 4.69) is 10.1 Å². The monoisotopic (exact) mass is 296 g/mol. The summed E-state index contributed by atoms with van der Waals surface area (Å²) in [6, 6.07) is 3.82. The largest absolute Gasteiger partial charge is 0.446 e. The highest BCUT2D eigenvalue weighted by molar-refractivity contribution is 6.31. The van der Waals surface area contributed by atoms with Gasteiger partial charge in [-0.2, -0.15) is 5.10 Å². The molecular formula is C15H17BN4O2. The summed E-state index contributed by atoms with van der Waals surface area (Å²) in [6.07, 6.45) is 4.79. The van der Waals surface area contributed by atoms with Crippen LogP contribution in [0.1, 0.15) is 13.8 Å². The van der Waals surface area contributed by atoms with E-state index in [-0.39, 0.29) is 6.10 Å². The van der Waals surface area contributed by atoms with Crippen molar-refractivity contribution in [2.75, 3.05) is 0 Å². The molecule has 0 fully saturated rings. The maximum atomic E-state index is 12.5. The van der Waals surface area contributed by atoms with E-state index in [9.17, 15) is 4.79 Å². The summed E-state index contributed by atoms with van der Waals surface area (Å²) in [4.78, 5) is 16.8. The fourth-order valence-corrected chi connectivity index (χ4v) is 2.42. The third-order valence-corrected chi connectivity index (χ3v) is 3.34. The van der Waals surface area contributed by atoms with E-state index < -0.39 is 6.09 Å². The summed E-state index contributed by atoms with van der Waals surface area (Å²) in [5.41, 5.74) is 3.25. The van der Waals surface area contributed by atoms with Crippen molar-refractivity contribution < 1.29 is 9.53 Å². The van der Waals surface area contributed by atoms with Gasteiger partial charge in [-0.15, -0.1) is 0 Å². The standard InChI is InChI=1S/C15H17BN4O2/c1-9(2)22-15(21)20-12(11-7-18-19(3)8-11)4-10-6-17-14(16)5-13(10)20/h4-9H,16H2,1-3H3. The van der Waals surface area contributed by atoms with Crippen molar-refractivity contribution in [2.24, 2.45) is 7.05 Å². The molecule has 0 aliphatic rings. The minimum Gasteiger partial charge on any atom is -0.446 e. The van der Waals surface area contributed by atoms with Crippen LogP contribution in [0.2, 0.25) is 0 Å². The summed E-state index contributed by atoms with van der Waals surface area (Å²) in [6.45, 7) is 3.67. The minimum absolute atomic E-state index is 0.186. The zero-order valence-corrected chi connectivity index (χ0v) is 13.1. The molecule has 3 aromatic heterocycles. The zero-order valence-electron chi connectivity index (χ0n) is 13.1. The number of ether oxygens (including phenoxy) is 1. The van der Waals surface area contributed by atoms with Crippen LogP contribution in [0.5, 0.6) is 0 Å². The van der Waals surface area contributed by atoms with Gasteiger partial charge < -0.3 is 4.74 Å². The number of rotatable bonds is 2. The Kier molecular flexibility index (Phi) is 3.48. The summed E-state index contributed by atoms with van der Waals surface area (Å²) >= 11 is 0. The first-order chi connectivity index (χ1) is 10.5. The highest BCUT2D eigenvalue weighted by Gasteiger charge is 2.19. The van der Waals surface area contributed by atoms with Crippen LogP contribution < -0.4 is 5.59 Å². The van der Waals surface area contributed by atoms with Gasteiger partial charge in [-0.25, -0.2) is 9.36 Å². The predicted octanol–water partition coefficient (Wildman–Crippen LogP) is 1.09. The smallest absolute Gasteiger partial charge is 0.419 e. The van der Waals surface area contributed by atoms with Crippen LogP contribution in [0.4, 0.5) is 4.79 Å². The van der Waals surface area contributed by atoms with Crippen molar-refractivity contribution in [3.63, 3.8) is 0 Å². The molecule has 3 aromatic rings. The van der Waals surface area contributed by atoms with Crippen LogP contribution in [0.25, 0.3) is 22.2 Å². The molecule has 6 nitrogen and oxygen atoms in total. The van der Waals surface area contributed by atoms with Crippen molar-refractivity contribution in [1.82, 2.24) is 19.3 Å². The van der Waals surface area contributed by atoms with Gasteiger partial charge in [0.05, 0.1) is 23.5 Å². The van der Waals surface area contributed by atoms with Gasteiger partial charge in [0.15, 0.2) is 7.85 Å². The van der Waals surface area contributed by atoms with Gasteiger partial charge in [0.1, 0.15) is 0 Å². The molecule has 0 aliphatic heterocycles. The fourth-order valence-electron chi connectivity index (χ4n) is 2.42. The number of hydrogen-bond donors (Lipinski definition) is 0. The lowest BCUT2D eigenvalue weighted by molar-refractivity contribution is 0.118. The molecule has 0 bridgehead atoms. The molecular weight excluding hydrogens is 279 g/mol. The SMILES string of the molecule is Bc1cc2c(cn1)cc(-c1cnn(C)c1)n2C(=O)OC(C)C. The lowest BCUT2D eigenvalue weighted by Crippen LogP contribution is -2.19. The Morgan fingerprint density at radius 1 is 1.32 bits per heavy atom. The first-order valence-corrected chi connectivity index (χ1v) is 7.14. The Labute approximate surface area is 129 Å². The van der Waals surface area contributed by atoms with Crippen LogP contribution in [0, 0.1) is 0 Å². The quantitative estimate of drug-likeness (QED) is 0.664. The fraction of sp³-hybridized carbons (Fsp3) is 0.267. The second kappa shape index (κ2) is 5.33. The van der Waals surface area contributed by atoms with Gasteiger partial charge in [-0.1, -0.05) is 0 Å². The molecule has 0 aromatic carbocycles. The van der Waals surface area contributed by atoms with Crippen molar-refractivity contribution in [3.05, 3.63) is 30.7 Å². The number of aromatic nitrogens is 4. The Bertz CT molecular complexity index is 850. The summed E-state index contributed by atoms with van der Waals surface area (Å²) in [7, 11) is 3.74. The van der Waals surface area contributed by atoms with Crippen molar-refractivity contribution in [2.45, 2.75) is 20.0 Å². The van der Waals surface area contributed by atoms with Gasteiger partial charge >= 0.3 is 6.09 Å². The normalized spacial score (nSPS) is 11.3. The highest BCUT2D eigenvalue weighted by Crippen LogP contribution is 2.27. The molecule has 0 radical (unpaired) electrons. The molecule has 0 amide bonds. The Hall–Kier alpha value is -2.57. The van der Waals surface area contributed by atoms with E-state index >= 15 is 0 Å². The van der Waals surface area contributed by atoms with Gasteiger partial charge in [-0.05, 0) is 31.6 Å². The number of hydrogen-bond acceptors (Lipinski definition) is 4. The Morgan fingerprint density at radius 3 is 2.73 bits per heavy atom. The minimum atomic E-state index is -0.394. The van der Waals surface area contributed by atoms with E-state index in [0.717, 1.165) is 27.8 Å². The van der Waals surface area contributed by atoms with Gasteiger partial charge in [-0.3, -0.25) is 9.67 Å². The van der Waals surface area contributed by atoms with Crippen molar-refractivity contribution in [1.29, 1.82) is 0 Å². The number of carbonyl (C=O) groups excluding carboxylic acids is 1. The third-order valence-electron chi connectivity index (χ3n) is 3.34. The molecule has 3 heterocycles. The molecule has 0 N–H and O–H groups in total. The number of pyridine rings is 1. The average molecular weight is 296 g/mol. The molecule has 7 heteroatoms. The van der Waals surface area contributed by atoms with E-state index in [1.165, 1.54) is 0 Å². The zero-order chi connectivity index (χ0) is 15.9. The molecule has 0 unspecified atom stereocenters. The summed E-state index contributed by atoms with van der Waals surface area (Å²) < 4.78 is 8.68. The molecule has 0 saturated heterocycles. The number of nitrogens with zero attached hydrogens (tertiary/aromatic N) is 4. The van der Waals surface area contributed by atoms with E-state index in [0.29, 0.717) is 0 Å². The van der Waals surface area contributed by atoms with Crippen molar-refractivity contribution >= 4 is 30.4 Å². The molecule has 0 atom stereocenters. The Morgan fingerprint density at radius 2 is 2.09 bits per heavy atom. The van der Waals surface area contributed by atoms with Crippen LogP contribution in [0.15, 0.2) is 30.7 Å². The van der Waals surface area contributed by atoms with Crippen LogP contribution >= 0.6 is 0 Å². The molecule has 0 aliphatic carbocycles. The lowest BCUT2D eigenvalue weighted by atomic mass is 10.0. The molecule has 0 saturated carbocycles. The summed E-state index contributed by atoms with van der Waals surface area (Å²) in [5, 5.41) is 5.07. The van der Waals surface area contributed by atoms with Crippen LogP contribution in [-0.4, -0.2) is 39.4 Å². The van der Waals surface area contributed by atoms with E-state index in [1.54, 1.807) is 21.6 Å². The first kappa shape index (κ1) is 14.4. The number of carbonyl (C=O) groups is 1. The van der Waals surface area contributed by atoms with Gasteiger partial charge in [0.2, 0.25) is 0 Å². The molecule has 3 rings (SSSR count). The second-order valence-electron chi connectivity index (χ2n) is 5.58. The van der Waals surface area contributed by atoms with E-state index in [4.69, 9.17) is 4.74 Å². The second-order valence-corrected chi connectivity index (χ2v) is 5.58. The summed E-state index contributed by atoms with van der Waals surface area (Å²) in [5.74, 6) is 0. The molecule has 22 heavy (non-hydrogen) atoms. The lowest BCUT2D eigenvalue weighted by Gasteiger charge is -2.12. The molecule has 0 spiro atoms. The number of aryl methyl sites for hydroxylation is 1. The average Bonchev–Trinajstić information content (AvgIpc) is 3.00. The predicted molar refractivity (Wildman–Crippen MR) is 87.1 cm³/mol. The number of fused-ring (bicyclic) bond motifs is 1. The van der Waals surface area contributed by atoms with Crippen LogP contribution in [0.3, 0.4) is 0 Å². The van der Waals surface area contributed by atoms with Crippen molar-refractivity contribution in [3.8, 4) is 11.3 Å². The maximum absolute atomic E-state index is 12.5. The third kappa shape index (κ3) is 2.50.